The second kappa shape index (κ2) is 9.30. The monoisotopic (exact) mass is 415 g/mol. The number of ether oxygens (including phenoxy) is 1. The van der Waals surface area contributed by atoms with Crippen molar-refractivity contribution in [2.24, 2.45) is 5.10 Å². The van der Waals surface area contributed by atoms with Gasteiger partial charge in [0.05, 0.1) is 23.8 Å². The highest BCUT2D eigenvalue weighted by Crippen LogP contribution is 2.18. The van der Waals surface area contributed by atoms with Gasteiger partial charge in [-0.15, -0.1) is 0 Å². The van der Waals surface area contributed by atoms with Gasteiger partial charge in [-0.25, -0.2) is 13.8 Å². The smallest absolute Gasteiger partial charge is 0.271 e. The van der Waals surface area contributed by atoms with Gasteiger partial charge < -0.3 is 4.74 Å². The molecule has 8 heteroatoms. The molecule has 1 fully saturated rings. The van der Waals surface area contributed by atoms with Crippen molar-refractivity contribution in [1.82, 2.24) is 9.73 Å². The van der Waals surface area contributed by atoms with E-state index in [-0.39, 0.29) is 10.5 Å². The molecule has 1 amide bonds. The predicted octanol–water partition coefficient (Wildman–Crippen LogP) is 2.56. The Morgan fingerprint density at radius 1 is 1.10 bits per heavy atom. The van der Waals surface area contributed by atoms with E-state index in [1.165, 1.54) is 16.4 Å². The van der Waals surface area contributed by atoms with E-state index in [1.54, 1.807) is 12.1 Å². The van der Waals surface area contributed by atoms with Crippen molar-refractivity contribution in [2.75, 3.05) is 26.3 Å². The number of amides is 1. The number of rotatable bonds is 6. The van der Waals surface area contributed by atoms with E-state index in [2.05, 4.69) is 10.5 Å². The number of morpholine rings is 1. The number of hydrogen-bond acceptors (Lipinski definition) is 5. The molecule has 2 aromatic rings. The van der Waals surface area contributed by atoms with E-state index >= 15 is 0 Å². The third kappa shape index (κ3) is 5.09. The van der Waals surface area contributed by atoms with Gasteiger partial charge >= 0.3 is 0 Å². The van der Waals surface area contributed by atoms with Crippen molar-refractivity contribution in [3.63, 3.8) is 0 Å². The first-order valence-electron chi connectivity index (χ1n) is 9.53. The molecule has 0 bridgehead atoms. The summed E-state index contributed by atoms with van der Waals surface area (Å²) in [7, 11) is -3.66. The summed E-state index contributed by atoms with van der Waals surface area (Å²) in [6.45, 7) is 5.31. The van der Waals surface area contributed by atoms with Gasteiger partial charge in [-0.2, -0.15) is 9.41 Å². The van der Waals surface area contributed by atoms with Crippen LogP contribution in [0.15, 0.2) is 58.5 Å². The highest BCUT2D eigenvalue weighted by Gasteiger charge is 2.26. The zero-order valence-electron chi connectivity index (χ0n) is 16.6. The molecule has 0 saturated carbocycles. The summed E-state index contributed by atoms with van der Waals surface area (Å²) in [6, 6.07) is 13.9. The first-order chi connectivity index (χ1) is 13.9. The number of sulfonamides is 1. The number of nitrogens with zero attached hydrogens (tertiary/aromatic N) is 2. The molecule has 1 aliphatic rings. The quantitative estimate of drug-likeness (QED) is 0.580. The van der Waals surface area contributed by atoms with E-state index in [4.69, 9.17) is 4.74 Å². The van der Waals surface area contributed by atoms with Crippen LogP contribution in [0.1, 0.15) is 34.8 Å². The van der Waals surface area contributed by atoms with Crippen LogP contribution in [0.3, 0.4) is 0 Å². The Balaban J connectivity index is 1.77. The van der Waals surface area contributed by atoms with Crippen LogP contribution in [0.5, 0.6) is 0 Å². The summed E-state index contributed by atoms with van der Waals surface area (Å²) in [5.74, 6) is -0.456. The highest BCUT2D eigenvalue weighted by molar-refractivity contribution is 7.89. The fourth-order valence-corrected chi connectivity index (χ4v) is 4.46. The summed E-state index contributed by atoms with van der Waals surface area (Å²) in [5.41, 5.74) is 5.60. The molecule has 1 saturated heterocycles. The van der Waals surface area contributed by atoms with Gasteiger partial charge in [0.25, 0.3) is 5.91 Å². The Labute approximate surface area is 171 Å². The normalized spacial score (nSPS) is 15.9. The van der Waals surface area contributed by atoms with E-state index in [0.29, 0.717) is 32.7 Å². The molecule has 3 rings (SSSR count). The van der Waals surface area contributed by atoms with E-state index in [9.17, 15) is 13.2 Å². The lowest BCUT2D eigenvalue weighted by atomic mass is 10.1. The van der Waals surface area contributed by atoms with Crippen LogP contribution >= 0.6 is 0 Å². The molecule has 7 nitrogen and oxygen atoms in total. The molecule has 0 spiro atoms. The molecular formula is C21H25N3O4S. The van der Waals surface area contributed by atoms with Gasteiger partial charge in [0, 0.05) is 18.7 Å². The number of nitrogens with one attached hydrogen (secondary N) is 1. The van der Waals surface area contributed by atoms with Crippen LogP contribution in [0.2, 0.25) is 0 Å². The van der Waals surface area contributed by atoms with E-state index < -0.39 is 15.9 Å². The lowest BCUT2D eigenvalue weighted by Gasteiger charge is -2.26. The lowest BCUT2D eigenvalue weighted by molar-refractivity contribution is 0.0730. The van der Waals surface area contributed by atoms with Crippen molar-refractivity contribution >= 4 is 21.6 Å². The standard InChI is InChI=1S/C21H25N3O4S/c1-3-20(17-9-7-16(2)8-10-17)22-23-21(25)18-5-4-6-19(15-18)29(26,27)24-11-13-28-14-12-24/h4-10,15H,3,11-14H2,1-2H3,(H,23,25)/b22-20-. The van der Waals surface area contributed by atoms with Crippen LogP contribution < -0.4 is 5.43 Å². The van der Waals surface area contributed by atoms with Crippen molar-refractivity contribution < 1.29 is 17.9 Å². The van der Waals surface area contributed by atoms with Crippen molar-refractivity contribution in [3.05, 3.63) is 65.2 Å². The zero-order valence-corrected chi connectivity index (χ0v) is 17.4. The average molecular weight is 416 g/mol. The van der Waals surface area contributed by atoms with Crippen LogP contribution in [0, 0.1) is 6.92 Å². The van der Waals surface area contributed by atoms with Crippen LogP contribution in [0.4, 0.5) is 0 Å². The molecule has 0 radical (unpaired) electrons. The minimum Gasteiger partial charge on any atom is -0.379 e. The maximum atomic E-state index is 12.8. The number of hydrazone groups is 1. The lowest BCUT2D eigenvalue weighted by Crippen LogP contribution is -2.40. The molecule has 0 aliphatic carbocycles. The minimum absolute atomic E-state index is 0.0882. The zero-order chi connectivity index (χ0) is 20.9. The summed E-state index contributed by atoms with van der Waals surface area (Å²) in [5, 5.41) is 4.24. The van der Waals surface area contributed by atoms with Gasteiger partial charge in [0.15, 0.2) is 0 Å². The van der Waals surface area contributed by atoms with Crippen LogP contribution in [0.25, 0.3) is 0 Å². The molecule has 1 aliphatic heterocycles. The topological polar surface area (TPSA) is 88.1 Å². The van der Waals surface area contributed by atoms with Gasteiger partial charge in [0.2, 0.25) is 10.0 Å². The summed E-state index contributed by atoms with van der Waals surface area (Å²) in [6.07, 6.45) is 0.648. The van der Waals surface area contributed by atoms with Gasteiger partial charge in [-0.3, -0.25) is 4.79 Å². The third-order valence-electron chi connectivity index (χ3n) is 4.72. The van der Waals surface area contributed by atoms with Crippen LogP contribution in [-0.4, -0.2) is 50.6 Å². The fourth-order valence-electron chi connectivity index (χ4n) is 3.01. The highest BCUT2D eigenvalue weighted by atomic mass is 32.2. The second-order valence-corrected chi connectivity index (χ2v) is 8.70. The molecule has 154 valence electrons. The first-order valence-corrected chi connectivity index (χ1v) is 11.0. The van der Waals surface area contributed by atoms with Crippen molar-refractivity contribution in [2.45, 2.75) is 25.2 Å². The Bertz CT molecular complexity index is 995. The first kappa shape index (κ1) is 21.2. The van der Waals surface area contributed by atoms with Gasteiger partial charge in [-0.05, 0) is 37.1 Å². The largest absolute Gasteiger partial charge is 0.379 e. The van der Waals surface area contributed by atoms with E-state index in [1.807, 2.05) is 38.1 Å². The Hall–Kier alpha value is -2.55. The molecule has 0 unspecified atom stereocenters. The summed E-state index contributed by atoms with van der Waals surface area (Å²) in [4.78, 5) is 12.6. The fraction of sp³-hybridized carbons (Fsp3) is 0.333. The molecule has 29 heavy (non-hydrogen) atoms. The Morgan fingerprint density at radius 2 is 1.79 bits per heavy atom. The number of aryl methyl sites for hydroxylation is 1. The maximum absolute atomic E-state index is 12.8. The van der Waals surface area contributed by atoms with Crippen molar-refractivity contribution in [3.8, 4) is 0 Å². The minimum atomic E-state index is -3.66. The van der Waals surface area contributed by atoms with Crippen molar-refractivity contribution in [1.29, 1.82) is 0 Å². The number of hydrogen-bond donors (Lipinski definition) is 1. The molecule has 1 N–H and O–H groups in total. The summed E-state index contributed by atoms with van der Waals surface area (Å²) < 4.78 is 32.2. The van der Waals surface area contributed by atoms with Crippen LogP contribution in [-0.2, 0) is 14.8 Å². The summed E-state index contributed by atoms with van der Waals surface area (Å²) >= 11 is 0. The van der Waals surface area contributed by atoms with E-state index in [0.717, 1.165) is 16.8 Å². The number of carbonyl (C=O) groups excluding carboxylic acids is 1. The Morgan fingerprint density at radius 3 is 2.45 bits per heavy atom. The Kier molecular flexibility index (Phi) is 6.79. The predicted molar refractivity (Wildman–Crippen MR) is 111 cm³/mol. The molecule has 0 aromatic heterocycles. The maximum Gasteiger partial charge on any atom is 0.271 e. The number of carbonyl (C=O) groups is 1. The molecule has 1 heterocycles. The average Bonchev–Trinajstić information content (AvgIpc) is 2.76. The molecular weight excluding hydrogens is 390 g/mol. The number of benzene rings is 2. The molecule has 0 atom stereocenters. The van der Waals surface area contributed by atoms with Gasteiger partial charge in [-0.1, -0.05) is 42.8 Å². The third-order valence-corrected chi connectivity index (χ3v) is 6.61. The van der Waals surface area contributed by atoms with Gasteiger partial charge in [0.1, 0.15) is 0 Å². The molecule has 2 aromatic carbocycles. The SMILES string of the molecule is CC/C(=N/NC(=O)c1cccc(S(=O)(=O)N2CCOCC2)c1)c1ccc(C)cc1. The second-order valence-electron chi connectivity index (χ2n) is 6.76.